The van der Waals surface area contributed by atoms with Crippen LogP contribution in [0.5, 0.6) is 0 Å². The molecule has 17 heavy (non-hydrogen) atoms. The van der Waals surface area contributed by atoms with Crippen molar-refractivity contribution in [1.29, 1.82) is 0 Å². The van der Waals surface area contributed by atoms with Crippen molar-refractivity contribution in [3.05, 3.63) is 34.1 Å². The van der Waals surface area contributed by atoms with Crippen LogP contribution < -0.4 is 11.1 Å². The number of hydrogen-bond acceptors (Lipinski definition) is 3. The van der Waals surface area contributed by atoms with Crippen molar-refractivity contribution in [3.8, 4) is 0 Å². The molecule has 4 nitrogen and oxygen atoms in total. The van der Waals surface area contributed by atoms with Crippen LogP contribution in [0.3, 0.4) is 0 Å². The number of amides is 1. The SMILES string of the molecule is COCCNC(C(N)=O)c1ccc(F)c(Br)c1. The van der Waals surface area contributed by atoms with Gasteiger partial charge in [0.25, 0.3) is 0 Å². The monoisotopic (exact) mass is 304 g/mol. The highest BCUT2D eigenvalue weighted by Gasteiger charge is 2.17. The number of nitrogens with one attached hydrogen (secondary N) is 1. The Bertz CT molecular complexity index is 401. The van der Waals surface area contributed by atoms with E-state index in [-0.39, 0.29) is 5.82 Å². The third kappa shape index (κ3) is 4.07. The molecule has 1 aromatic rings. The summed E-state index contributed by atoms with van der Waals surface area (Å²) < 4.78 is 18.2. The highest BCUT2D eigenvalue weighted by molar-refractivity contribution is 9.10. The number of carbonyl (C=O) groups excluding carboxylic acids is 1. The van der Waals surface area contributed by atoms with Gasteiger partial charge in [0.2, 0.25) is 5.91 Å². The molecule has 1 amide bonds. The highest BCUT2D eigenvalue weighted by Crippen LogP contribution is 2.21. The molecule has 0 aliphatic carbocycles. The van der Waals surface area contributed by atoms with E-state index in [1.54, 1.807) is 7.11 Å². The standard InChI is InChI=1S/C11H14BrFN2O2/c1-17-5-4-15-10(11(14)16)7-2-3-9(13)8(12)6-7/h2-3,6,10,15H,4-5H2,1H3,(H2,14,16). The van der Waals surface area contributed by atoms with E-state index in [1.807, 2.05) is 0 Å². The lowest BCUT2D eigenvalue weighted by atomic mass is 10.1. The molecule has 0 fully saturated rings. The second kappa shape index (κ2) is 6.68. The van der Waals surface area contributed by atoms with Crippen LogP contribution in [-0.2, 0) is 9.53 Å². The number of ether oxygens (including phenoxy) is 1. The summed E-state index contributed by atoms with van der Waals surface area (Å²) in [6, 6.07) is 3.69. The fourth-order valence-electron chi connectivity index (χ4n) is 1.38. The number of nitrogens with two attached hydrogens (primary N) is 1. The molecule has 0 aliphatic rings. The van der Waals surface area contributed by atoms with Crippen LogP contribution >= 0.6 is 15.9 Å². The van der Waals surface area contributed by atoms with Gasteiger partial charge in [-0.3, -0.25) is 10.1 Å². The molecular weight excluding hydrogens is 291 g/mol. The Balaban J connectivity index is 2.82. The van der Waals surface area contributed by atoms with Crippen molar-refractivity contribution >= 4 is 21.8 Å². The molecule has 3 N–H and O–H groups in total. The van der Waals surface area contributed by atoms with E-state index < -0.39 is 11.9 Å². The maximum absolute atomic E-state index is 13.1. The molecule has 6 heteroatoms. The van der Waals surface area contributed by atoms with Crippen molar-refractivity contribution in [2.75, 3.05) is 20.3 Å². The molecule has 1 unspecified atom stereocenters. The van der Waals surface area contributed by atoms with E-state index in [4.69, 9.17) is 10.5 Å². The third-order valence-corrected chi connectivity index (χ3v) is 2.82. The van der Waals surface area contributed by atoms with Gasteiger partial charge in [0.05, 0.1) is 11.1 Å². The Labute approximate surface area is 107 Å². The van der Waals surface area contributed by atoms with Crippen LogP contribution in [0, 0.1) is 5.82 Å². The minimum absolute atomic E-state index is 0.301. The zero-order chi connectivity index (χ0) is 12.8. The first-order chi connectivity index (χ1) is 8.06. The van der Waals surface area contributed by atoms with Crippen molar-refractivity contribution < 1.29 is 13.9 Å². The lowest BCUT2D eigenvalue weighted by Crippen LogP contribution is -2.35. The molecular formula is C11H14BrFN2O2. The van der Waals surface area contributed by atoms with Crippen LogP contribution in [-0.4, -0.2) is 26.2 Å². The predicted octanol–water partition coefficient (Wildman–Crippen LogP) is 1.35. The molecule has 1 atom stereocenters. The smallest absolute Gasteiger partial charge is 0.239 e. The van der Waals surface area contributed by atoms with E-state index in [0.29, 0.717) is 23.2 Å². The first kappa shape index (κ1) is 14.1. The number of rotatable bonds is 6. The molecule has 0 aromatic heterocycles. The van der Waals surface area contributed by atoms with Crippen LogP contribution in [0.15, 0.2) is 22.7 Å². The molecule has 0 bridgehead atoms. The van der Waals surface area contributed by atoms with E-state index in [1.165, 1.54) is 18.2 Å². The summed E-state index contributed by atoms with van der Waals surface area (Å²) in [5.41, 5.74) is 5.90. The Hall–Kier alpha value is -0.980. The molecule has 0 spiro atoms. The summed E-state index contributed by atoms with van der Waals surface area (Å²) in [6.45, 7) is 0.950. The molecule has 1 aromatic carbocycles. The summed E-state index contributed by atoms with van der Waals surface area (Å²) in [5.74, 6) is -0.895. The van der Waals surface area contributed by atoms with E-state index in [0.717, 1.165) is 0 Å². The van der Waals surface area contributed by atoms with Gasteiger partial charge in [-0.1, -0.05) is 6.07 Å². The summed E-state index contributed by atoms with van der Waals surface area (Å²) >= 11 is 3.07. The quantitative estimate of drug-likeness (QED) is 0.780. The molecule has 1 rings (SSSR count). The van der Waals surface area contributed by atoms with Gasteiger partial charge in [0.1, 0.15) is 11.9 Å². The summed E-state index contributed by atoms with van der Waals surface area (Å²) in [7, 11) is 1.56. The largest absolute Gasteiger partial charge is 0.383 e. The minimum Gasteiger partial charge on any atom is -0.383 e. The molecule has 0 radical (unpaired) electrons. The second-order valence-corrected chi connectivity index (χ2v) is 4.31. The predicted molar refractivity (Wildman–Crippen MR) is 65.9 cm³/mol. The lowest BCUT2D eigenvalue weighted by molar-refractivity contribution is -0.120. The second-order valence-electron chi connectivity index (χ2n) is 3.46. The van der Waals surface area contributed by atoms with Gasteiger partial charge in [0, 0.05) is 13.7 Å². The normalized spacial score (nSPS) is 12.4. The zero-order valence-corrected chi connectivity index (χ0v) is 11.0. The van der Waals surface area contributed by atoms with Gasteiger partial charge in [0.15, 0.2) is 0 Å². The van der Waals surface area contributed by atoms with E-state index in [9.17, 15) is 9.18 Å². The maximum Gasteiger partial charge on any atom is 0.239 e. The number of hydrogen-bond donors (Lipinski definition) is 2. The topological polar surface area (TPSA) is 64.3 Å². The molecule has 0 heterocycles. The average Bonchev–Trinajstić information content (AvgIpc) is 2.28. The molecule has 94 valence electrons. The maximum atomic E-state index is 13.1. The molecule has 0 saturated carbocycles. The van der Waals surface area contributed by atoms with E-state index >= 15 is 0 Å². The van der Waals surface area contributed by atoms with Crippen molar-refractivity contribution in [2.24, 2.45) is 5.73 Å². The van der Waals surface area contributed by atoms with Crippen molar-refractivity contribution in [1.82, 2.24) is 5.32 Å². The number of primary amides is 1. The Morgan fingerprint density at radius 3 is 2.88 bits per heavy atom. The van der Waals surface area contributed by atoms with Gasteiger partial charge in [-0.25, -0.2) is 4.39 Å². The van der Waals surface area contributed by atoms with Gasteiger partial charge in [-0.15, -0.1) is 0 Å². The third-order valence-electron chi connectivity index (χ3n) is 2.22. The summed E-state index contributed by atoms with van der Waals surface area (Å²) in [6.07, 6.45) is 0. The Morgan fingerprint density at radius 2 is 2.35 bits per heavy atom. The van der Waals surface area contributed by atoms with Crippen LogP contribution in [0.4, 0.5) is 4.39 Å². The Kier molecular flexibility index (Phi) is 5.54. The fraction of sp³-hybridized carbons (Fsp3) is 0.364. The first-order valence-electron chi connectivity index (χ1n) is 5.03. The molecule has 0 aliphatic heterocycles. The summed E-state index contributed by atoms with van der Waals surface area (Å²) in [5, 5.41) is 2.94. The fourth-order valence-corrected chi connectivity index (χ4v) is 1.78. The van der Waals surface area contributed by atoms with Crippen LogP contribution in [0.25, 0.3) is 0 Å². The van der Waals surface area contributed by atoms with Gasteiger partial charge >= 0.3 is 0 Å². The lowest BCUT2D eigenvalue weighted by Gasteiger charge is -2.16. The molecule has 0 saturated heterocycles. The van der Waals surface area contributed by atoms with Gasteiger partial charge in [-0.05, 0) is 33.6 Å². The number of benzene rings is 1. The Morgan fingerprint density at radius 1 is 1.65 bits per heavy atom. The number of methoxy groups -OCH3 is 1. The number of carbonyl (C=O) groups is 1. The van der Waals surface area contributed by atoms with Gasteiger partial charge < -0.3 is 10.5 Å². The van der Waals surface area contributed by atoms with E-state index in [2.05, 4.69) is 21.2 Å². The summed E-state index contributed by atoms with van der Waals surface area (Å²) in [4.78, 5) is 11.3. The van der Waals surface area contributed by atoms with Gasteiger partial charge in [-0.2, -0.15) is 0 Å². The number of halogens is 2. The van der Waals surface area contributed by atoms with Crippen LogP contribution in [0.2, 0.25) is 0 Å². The van der Waals surface area contributed by atoms with Crippen molar-refractivity contribution in [2.45, 2.75) is 6.04 Å². The van der Waals surface area contributed by atoms with Crippen LogP contribution in [0.1, 0.15) is 11.6 Å². The van der Waals surface area contributed by atoms with Crippen molar-refractivity contribution in [3.63, 3.8) is 0 Å². The highest BCUT2D eigenvalue weighted by atomic mass is 79.9. The average molecular weight is 305 g/mol. The first-order valence-corrected chi connectivity index (χ1v) is 5.82. The minimum atomic E-state index is -0.651. The zero-order valence-electron chi connectivity index (χ0n) is 9.37.